The van der Waals surface area contributed by atoms with Crippen molar-refractivity contribution in [3.63, 3.8) is 0 Å². The second kappa shape index (κ2) is 9.55. The van der Waals surface area contributed by atoms with Gasteiger partial charge in [-0.1, -0.05) is 0 Å². The number of aliphatic hydroxyl groups excluding tert-OH is 2. The summed E-state index contributed by atoms with van der Waals surface area (Å²) in [4.78, 5) is 2.07. The van der Waals surface area contributed by atoms with E-state index in [0.717, 1.165) is 6.54 Å². The zero-order valence-corrected chi connectivity index (χ0v) is 14.5. The van der Waals surface area contributed by atoms with E-state index in [-0.39, 0.29) is 18.3 Å². The summed E-state index contributed by atoms with van der Waals surface area (Å²) in [5.74, 6) is 0. The minimum atomic E-state index is -0.719. The fourth-order valence-electron chi connectivity index (χ4n) is 1.62. The summed E-state index contributed by atoms with van der Waals surface area (Å²) >= 11 is -0.719. The van der Waals surface area contributed by atoms with Crippen LogP contribution in [0, 0.1) is 0 Å². The molecule has 5 heteroatoms. The second-order valence-electron chi connectivity index (χ2n) is 5.12. The van der Waals surface area contributed by atoms with E-state index in [1.54, 1.807) is 13.8 Å². The van der Waals surface area contributed by atoms with Crippen LogP contribution in [0.15, 0.2) is 0 Å². The Hall–Kier alpha value is 0.639. The van der Waals surface area contributed by atoms with Crippen LogP contribution < -0.4 is 0 Å². The first-order valence-electron chi connectivity index (χ1n) is 6.31. The van der Waals surface area contributed by atoms with Crippen molar-refractivity contribution in [1.82, 2.24) is 4.90 Å². The van der Waals surface area contributed by atoms with Gasteiger partial charge in [0, 0.05) is 0 Å². The Bertz CT molecular complexity index is 179. The molecule has 0 aromatic heterocycles. The van der Waals surface area contributed by atoms with Gasteiger partial charge in [0.05, 0.1) is 0 Å². The number of hydrogen-bond donors (Lipinski definition) is 2. The number of aliphatic hydroxyl groups is 2. The zero-order valence-electron chi connectivity index (χ0n) is 11.7. The van der Waals surface area contributed by atoms with Crippen LogP contribution in [0.2, 0.25) is 3.93 Å². The molecule has 0 bridgehead atoms. The van der Waals surface area contributed by atoms with Gasteiger partial charge in [0.25, 0.3) is 0 Å². The van der Waals surface area contributed by atoms with Gasteiger partial charge in [-0.15, -0.1) is 0 Å². The number of hydrogen-bond acceptors (Lipinski definition) is 4. The fraction of sp³-hybridized carbons (Fsp3) is 1.00. The van der Waals surface area contributed by atoms with Crippen LogP contribution in [0.5, 0.6) is 0 Å². The van der Waals surface area contributed by atoms with Crippen LogP contribution in [0.25, 0.3) is 0 Å². The summed E-state index contributed by atoms with van der Waals surface area (Å²) in [6.45, 7) is 12.0. The molecule has 4 nitrogen and oxygen atoms in total. The summed E-state index contributed by atoms with van der Waals surface area (Å²) in [6, 6.07) is 0. The van der Waals surface area contributed by atoms with Crippen LogP contribution in [-0.4, -0.2) is 74.6 Å². The molecule has 0 saturated heterocycles. The maximum atomic E-state index is 9.41. The number of rotatable bonds is 9. The van der Waals surface area contributed by atoms with Crippen LogP contribution in [0.1, 0.15) is 34.6 Å². The van der Waals surface area contributed by atoms with Gasteiger partial charge >= 0.3 is 116 Å². The second-order valence-corrected chi connectivity index (χ2v) is 9.76. The molecule has 0 amide bonds. The first-order chi connectivity index (χ1) is 7.81. The predicted octanol–water partition coefficient (Wildman–Crippen LogP) is 0.903. The van der Waals surface area contributed by atoms with Gasteiger partial charge in [-0.05, 0) is 0 Å². The van der Waals surface area contributed by atoms with Gasteiger partial charge in [0.2, 0.25) is 0 Å². The van der Waals surface area contributed by atoms with Crippen molar-refractivity contribution >= 4 is 21.6 Å². The molecule has 3 unspecified atom stereocenters. The molecule has 1 radical (unpaired) electrons. The van der Waals surface area contributed by atoms with E-state index in [4.69, 9.17) is 3.07 Å². The fourth-order valence-corrected chi connectivity index (χ4v) is 3.28. The van der Waals surface area contributed by atoms with Gasteiger partial charge in [-0.2, -0.15) is 0 Å². The summed E-state index contributed by atoms with van der Waals surface area (Å²) in [6.07, 6.45) is -0.543. The Morgan fingerprint density at radius 2 is 1.41 bits per heavy atom. The van der Waals surface area contributed by atoms with E-state index in [1.165, 1.54) is 0 Å². The summed E-state index contributed by atoms with van der Waals surface area (Å²) in [7, 11) is 0. The first-order valence-corrected chi connectivity index (χ1v) is 9.12. The van der Waals surface area contributed by atoms with E-state index >= 15 is 0 Å². The van der Waals surface area contributed by atoms with Gasteiger partial charge in [-0.3, -0.25) is 0 Å². The van der Waals surface area contributed by atoms with E-state index in [2.05, 4.69) is 25.7 Å². The van der Waals surface area contributed by atoms with Gasteiger partial charge in [-0.25, -0.2) is 0 Å². The van der Waals surface area contributed by atoms with Crippen molar-refractivity contribution in [1.29, 1.82) is 0 Å². The molecule has 0 saturated carbocycles. The molecule has 0 aromatic carbocycles. The van der Waals surface area contributed by atoms with Gasteiger partial charge < -0.3 is 0 Å². The SMILES string of the molecule is CC(O)CN(CC(C)O)CC(C)[O][Sn+][CH](C)C. The molecular formula is C12H27NO3Sn+. The molecule has 101 valence electrons. The average molecular weight is 352 g/mol. The molecule has 0 aliphatic heterocycles. The van der Waals surface area contributed by atoms with Crippen molar-refractivity contribution in [2.45, 2.75) is 56.9 Å². The Kier molecular flexibility index (Phi) is 9.91. The molecule has 2 N–H and O–H groups in total. The molecule has 0 aromatic rings. The Balaban J connectivity index is 4.03. The third-order valence-electron chi connectivity index (χ3n) is 2.07. The summed E-state index contributed by atoms with van der Waals surface area (Å²) < 4.78 is 6.56. The molecule has 3 atom stereocenters. The summed E-state index contributed by atoms with van der Waals surface area (Å²) in [5, 5.41) is 18.8. The average Bonchev–Trinajstić information content (AvgIpc) is 2.12. The first kappa shape index (κ1) is 17.6. The molecular weight excluding hydrogens is 325 g/mol. The minimum absolute atomic E-state index is 0.196. The van der Waals surface area contributed by atoms with Gasteiger partial charge in [0.15, 0.2) is 0 Å². The standard InChI is InChI=1S/C9H20NO3.C3H7.Sn/c1-7(11)4-10(5-8(2)12)6-9(3)13;1-3-2;/h7-9,11-12H,4-6H2,1-3H3;3H,1-2H3;/q-1;;+2. The topological polar surface area (TPSA) is 52.9 Å². The molecule has 0 fully saturated rings. The van der Waals surface area contributed by atoms with E-state index in [9.17, 15) is 10.2 Å². The molecule has 0 heterocycles. The van der Waals surface area contributed by atoms with E-state index in [1.807, 2.05) is 0 Å². The van der Waals surface area contributed by atoms with Gasteiger partial charge in [0.1, 0.15) is 0 Å². The molecule has 0 rings (SSSR count). The van der Waals surface area contributed by atoms with Crippen molar-refractivity contribution in [2.24, 2.45) is 0 Å². The number of nitrogens with zero attached hydrogens (tertiary/aromatic N) is 1. The van der Waals surface area contributed by atoms with Crippen molar-refractivity contribution in [2.75, 3.05) is 19.6 Å². The zero-order chi connectivity index (χ0) is 13.4. The Labute approximate surface area is 116 Å². The van der Waals surface area contributed by atoms with E-state index in [0.29, 0.717) is 17.0 Å². The summed E-state index contributed by atoms with van der Waals surface area (Å²) in [5.41, 5.74) is 0. The predicted molar refractivity (Wildman–Crippen MR) is 71.2 cm³/mol. The Morgan fingerprint density at radius 1 is 0.941 bits per heavy atom. The van der Waals surface area contributed by atoms with Crippen LogP contribution in [0.3, 0.4) is 0 Å². The molecule has 0 aliphatic rings. The van der Waals surface area contributed by atoms with E-state index < -0.39 is 21.6 Å². The third-order valence-corrected chi connectivity index (χ3v) is 4.95. The third kappa shape index (κ3) is 11.5. The maximum absolute atomic E-state index is 9.41. The molecule has 0 aliphatic carbocycles. The van der Waals surface area contributed by atoms with Crippen LogP contribution >= 0.6 is 0 Å². The van der Waals surface area contributed by atoms with Crippen LogP contribution in [-0.2, 0) is 3.07 Å². The van der Waals surface area contributed by atoms with Crippen LogP contribution in [0.4, 0.5) is 0 Å². The Morgan fingerprint density at radius 3 is 1.76 bits per heavy atom. The molecule has 17 heavy (non-hydrogen) atoms. The van der Waals surface area contributed by atoms with Crippen molar-refractivity contribution in [3.05, 3.63) is 0 Å². The monoisotopic (exact) mass is 353 g/mol. The quantitative estimate of drug-likeness (QED) is 0.606. The van der Waals surface area contributed by atoms with Crippen molar-refractivity contribution in [3.8, 4) is 0 Å². The normalized spacial score (nSPS) is 17.2. The molecule has 0 spiro atoms. The van der Waals surface area contributed by atoms with Crippen molar-refractivity contribution < 1.29 is 13.3 Å².